The first kappa shape index (κ1) is 14.4. The van der Waals surface area contributed by atoms with E-state index in [1.807, 2.05) is 0 Å². The largest absolute Gasteiger partial charge is 0.300 e. The predicted molar refractivity (Wildman–Crippen MR) is 67.5 cm³/mol. The van der Waals surface area contributed by atoms with Gasteiger partial charge in [-0.05, 0) is 20.8 Å². The van der Waals surface area contributed by atoms with Crippen LogP contribution >= 0.6 is 23.2 Å². The van der Waals surface area contributed by atoms with E-state index < -0.39 is 15.7 Å². The molecule has 17 heavy (non-hydrogen) atoms. The molecule has 0 aliphatic heterocycles. The van der Waals surface area contributed by atoms with E-state index in [2.05, 4.69) is 19.4 Å². The van der Waals surface area contributed by atoms with Gasteiger partial charge in [0.15, 0.2) is 11.0 Å². The van der Waals surface area contributed by atoms with Crippen molar-refractivity contribution in [3.63, 3.8) is 0 Å². The van der Waals surface area contributed by atoms with Crippen LogP contribution in [-0.2, 0) is 10.2 Å². The Balaban J connectivity index is 2.95. The molecule has 0 radical (unpaired) electrons. The summed E-state index contributed by atoms with van der Waals surface area (Å²) in [5.41, 5.74) is -0.616. The summed E-state index contributed by atoms with van der Waals surface area (Å²) in [7, 11) is -3.76. The number of rotatable bonds is 3. The second-order valence-corrected chi connectivity index (χ2v) is 6.44. The lowest BCUT2D eigenvalue weighted by atomic mass is 10.1. The molecule has 0 spiro atoms. The number of anilines is 1. The fourth-order valence-corrected chi connectivity index (χ4v) is 2.58. The fraction of sp³-hybridized carbons (Fsp3) is 0.500. The maximum Gasteiger partial charge on any atom is 0.300 e. The monoisotopic (exact) mass is 298 g/mol. The minimum Gasteiger partial charge on any atom is -0.253 e. The summed E-state index contributed by atoms with van der Waals surface area (Å²) >= 11 is 11.4. The average molecular weight is 299 g/mol. The Hall–Kier alpha value is -0.630. The summed E-state index contributed by atoms with van der Waals surface area (Å²) in [6.07, 6.45) is 1.11. The Bertz CT molecular complexity index is 513. The number of nitrogens with one attached hydrogen (secondary N) is 2. The van der Waals surface area contributed by atoms with E-state index in [1.54, 1.807) is 20.8 Å². The molecule has 0 bridgehead atoms. The third-order valence-electron chi connectivity index (χ3n) is 1.42. The van der Waals surface area contributed by atoms with Gasteiger partial charge in [0.05, 0.1) is 0 Å². The van der Waals surface area contributed by atoms with Crippen LogP contribution in [0.15, 0.2) is 6.33 Å². The summed E-state index contributed by atoms with van der Waals surface area (Å²) in [4.78, 5) is 7.31. The SMILES string of the molecule is CC(C)(C)NS(=O)(=O)Nc1ncnc(Cl)c1Cl. The molecule has 0 amide bonds. The van der Waals surface area contributed by atoms with Gasteiger partial charge in [0, 0.05) is 5.54 Å². The second-order valence-electron chi connectivity index (χ2n) is 4.28. The summed E-state index contributed by atoms with van der Waals surface area (Å²) in [5, 5.41) is -0.0661. The zero-order valence-electron chi connectivity index (χ0n) is 9.45. The summed E-state index contributed by atoms with van der Waals surface area (Å²) < 4.78 is 28.0. The second kappa shape index (κ2) is 4.93. The van der Waals surface area contributed by atoms with Crippen molar-refractivity contribution >= 4 is 39.2 Å². The van der Waals surface area contributed by atoms with Crippen LogP contribution in [0.25, 0.3) is 0 Å². The molecule has 0 fully saturated rings. The van der Waals surface area contributed by atoms with Crippen LogP contribution in [0.4, 0.5) is 5.82 Å². The van der Waals surface area contributed by atoms with E-state index >= 15 is 0 Å². The first-order valence-electron chi connectivity index (χ1n) is 4.58. The van der Waals surface area contributed by atoms with Crippen LogP contribution in [0.1, 0.15) is 20.8 Å². The van der Waals surface area contributed by atoms with Crippen molar-refractivity contribution < 1.29 is 8.42 Å². The van der Waals surface area contributed by atoms with Crippen molar-refractivity contribution in [2.75, 3.05) is 4.72 Å². The quantitative estimate of drug-likeness (QED) is 0.834. The molecular formula is C8H12Cl2N4O2S. The van der Waals surface area contributed by atoms with Crippen LogP contribution in [0.3, 0.4) is 0 Å². The number of aromatic nitrogens is 2. The highest BCUT2D eigenvalue weighted by molar-refractivity contribution is 7.90. The molecule has 1 rings (SSSR count). The molecule has 0 unspecified atom stereocenters. The van der Waals surface area contributed by atoms with Crippen LogP contribution in [0.5, 0.6) is 0 Å². The summed E-state index contributed by atoms with van der Waals surface area (Å²) in [6, 6.07) is 0. The van der Waals surface area contributed by atoms with Gasteiger partial charge in [-0.3, -0.25) is 4.72 Å². The molecule has 0 atom stereocenters. The molecule has 2 N–H and O–H groups in total. The lowest BCUT2D eigenvalue weighted by molar-refractivity contribution is 0.494. The molecule has 1 heterocycles. The van der Waals surface area contributed by atoms with E-state index in [4.69, 9.17) is 23.2 Å². The highest BCUT2D eigenvalue weighted by Gasteiger charge is 2.21. The van der Waals surface area contributed by atoms with E-state index in [1.165, 1.54) is 0 Å². The first-order valence-corrected chi connectivity index (χ1v) is 6.82. The lowest BCUT2D eigenvalue weighted by Gasteiger charge is -2.20. The van der Waals surface area contributed by atoms with Crippen molar-refractivity contribution in [3.8, 4) is 0 Å². The highest BCUT2D eigenvalue weighted by atomic mass is 35.5. The third-order valence-corrected chi connectivity index (χ3v) is 3.50. The van der Waals surface area contributed by atoms with Gasteiger partial charge in [0.1, 0.15) is 11.3 Å². The lowest BCUT2D eigenvalue weighted by Crippen LogP contribution is -2.43. The zero-order chi connectivity index (χ0) is 13.3. The predicted octanol–water partition coefficient (Wildman–Crippen LogP) is 1.83. The van der Waals surface area contributed by atoms with Gasteiger partial charge in [-0.2, -0.15) is 13.1 Å². The van der Waals surface area contributed by atoms with Crippen molar-refractivity contribution in [1.82, 2.24) is 14.7 Å². The van der Waals surface area contributed by atoms with E-state index in [0.717, 1.165) is 6.33 Å². The third kappa shape index (κ3) is 4.63. The van der Waals surface area contributed by atoms with Crippen LogP contribution in [0.2, 0.25) is 10.2 Å². The smallest absolute Gasteiger partial charge is 0.253 e. The van der Waals surface area contributed by atoms with Crippen molar-refractivity contribution in [2.45, 2.75) is 26.3 Å². The number of hydrogen-bond donors (Lipinski definition) is 2. The average Bonchev–Trinajstić information content (AvgIpc) is 2.08. The number of nitrogens with zero attached hydrogens (tertiary/aromatic N) is 2. The number of hydrogen-bond acceptors (Lipinski definition) is 4. The number of halogens is 2. The Morgan fingerprint density at radius 3 is 2.35 bits per heavy atom. The van der Waals surface area contributed by atoms with E-state index in [0.29, 0.717) is 0 Å². The van der Waals surface area contributed by atoms with Crippen LogP contribution in [0, 0.1) is 0 Å². The van der Waals surface area contributed by atoms with Crippen molar-refractivity contribution in [3.05, 3.63) is 16.5 Å². The normalized spacial score (nSPS) is 12.5. The minimum atomic E-state index is -3.76. The standard InChI is InChI=1S/C8H12Cl2N4O2S/c1-8(2,3)14-17(15,16)13-7-5(9)6(10)11-4-12-7/h4,14H,1-3H3,(H,11,12,13). The van der Waals surface area contributed by atoms with Gasteiger partial charge >= 0.3 is 10.2 Å². The minimum absolute atomic E-state index is 0.0184. The molecule has 9 heteroatoms. The molecule has 0 aromatic carbocycles. The molecule has 0 saturated carbocycles. The Morgan fingerprint density at radius 1 is 1.24 bits per heavy atom. The molecule has 1 aromatic heterocycles. The Labute approximate surface area is 110 Å². The van der Waals surface area contributed by atoms with Gasteiger partial charge in [0.2, 0.25) is 0 Å². The Kier molecular flexibility index (Phi) is 4.19. The highest BCUT2D eigenvalue weighted by Crippen LogP contribution is 2.25. The zero-order valence-corrected chi connectivity index (χ0v) is 11.8. The van der Waals surface area contributed by atoms with Crippen LogP contribution in [-0.4, -0.2) is 23.9 Å². The molecular weight excluding hydrogens is 287 g/mol. The van der Waals surface area contributed by atoms with E-state index in [-0.39, 0.29) is 16.0 Å². The molecule has 0 aliphatic rings. The maximum atomic E-state index is 11.7. The maximum absolute atomic E-state index is 11.7. The van der Waals surface area contributed by atoms with Crippen molar-refractivity contribution in [2.24, 2.45) is 0 Å². The molecule has 1 aromatic rings. The van der Waals surface area contributed by atoms with Gasteiger partial charge in [-0.25, -0.2) is 9.97 Å². The summed E-state index contributed by atoms with van der Waals surface area (Å²) in [6.45, 7) is 5.13. The van der Waals surface area contributed by atoms with Crippen molar-refractivity contribution in [1.29, 1.82) is 0 Å². The topological polar surface area (TPSA) is 84.0 Å². The van der Waals surface area contributed by atoms with Gasteiger partial charge in [-0.15, -0.1) is 0 Å². The molecule has 6 nitrogen and oxygen atoms in total. The van der Waals surface area contributed by atoms with Gasteiger partial charge in [-0.1, -0.05) is 23.2 Å². The molecule has 96 valence electrons. The first-order chi connectivity index (χ1) is 7.61. The van der Waals surface area contributed by atoms with Gasteiger partial charge < -0.3 is 0 Å². The van der Waals surface area contributed by atoms with Gasteiger partial charge in [0.25, 0.3) is 0 Å². The van der Waals surface area contributed by atoms with E-state index in [9.17, 15) is 8.42 Å². The fourth-order valence-electron chi connectivity index (χ4n) is 0.975. The molecule has 0 saturated heterocycles. The molecule has 0 aliphatic carbocycles. The summed E-state index contributed by atoms with van der Waals surface area (Å²) in [5.74, 6) is -0.0663. The van der Waals surface area contributed by atoms with Crippen LogP contribution < -0.4 is 9.44 Å². The Morgan fingerprint density at radius 2 is 1.82 bits per heavy atom.